The van der Waals surface area contributed by atoms with Crippen molar-refractivity contribution in [2.24, 2.45) is 5.92 Å². The number of para-hydroxylation sites is 1. The van der Waals surface area contributed by atoms with Crippen molar-refractivity contribution in [2.75, 3.05) is 32.1 Å². The Balaban J connectivity index is 1.19. The molecule has 0 bridgehead atoms. The van der Waals surface area contributed by atoms with Crippen LogP contribution in [-0.2, 0) is 24.4 Å². The summed E-state index contributed by atoms with van der Waals surface area (Å²) in [5.74, 6) is 0.278. The van der Waals surface area contributed by atoms with Gasteiger partial charge in [0.2, 0.25) is 5.91 Å². The van der Waals surface area contributed by atoms with Gasteiger partial charge in [-0.1, -0.05) is 54.6 Å². The molecule has 0 unspecified atom stereocenters. The highest BCUT2D eigenvalue weighted by molar-refractivity contribution is 5.81. The van der Waals surface area contributed by atoms with Crippen molar-refractivity contribution in [3.05, 3.63) is 101 Å². The van der Waals surface area contributed by atoms with Gasteiger partial charge in [-0.05, 0) is 79.2 Å². The minimum Gasteiger partial charge on any atom is -0.378 e. The fraction of sp³-hybridized carbons (Fsp3) is 0.344. The molecule has 1 fully saturated rings. The number of fused-ring (bicyclic) bond motifs is 1. The van der Waals surface area contributed by atoms with Gasteiger partial charge >= 0.3 is 0 Å². The van der Waals surface area contributed by atoms with Gasteiger partial charge in [0.15, 0.2) is 0 Å². The van der Waals surface area contributed by atoms with Crippen molar-refractivity contribution in [3.8, 4) is 0 Å². The highest BCUT2D eigenvalue weighted by Crippen LogP contribution is 2.26. The lowest BCUT2D eigenvalue weighted by Crippen LogP contribution is -2.40. The van der Waals surface area contributed by atoms with Crippen LogP contribution < -0.4 is 10.2 Å². The number of hydrogen-bond donors (Lipinski definition) is 1. The molecule has 1 aliphatic rings. The smallest absolute Gasteiger partial charge is 0.223 e. The number of carbonyl (C=O) groups excluding carboxylic acids is 1. The van der Waals surface area contributed by atoms with Gasteiger partial charge in [0.25, 0.3) is 0 Å². The molecular formula is C32H38N4O. The molecule has 192 valence electrons. The molecule has 2 heterocycles. The van der Waals surface area contributed by atoms with E-state index in [1.54, 1.807) is 0 Å². The van der Waals surface area contributed by atoms with Gasteiger partial charge in [0.1, 0.15) is 0 Å². The molecule has 1 N–H and O–H groups in total. The number of carbonyl (C=O) groups is 1. The Hall–Kier alpha value is -3.57. The Morgan fingerprint density at radius 1 is 0.919 bits per heavy atom. The lowest BCUT2D eigenvalue weighted by molar-refractivity contribution is -0.126. The minimum absolute atomic E-state index is 0.0927. The average Bonchev–Trinajstić information content (AvgIpc) is 3.26. The SMILES string of the molecule is Cc1ccccc1Cn1c(CN2CCC(C(=O)NCc3ccc(N(C)C)cc3)CC2)cc2ccccc21. The number of piperidine rings is 1. The number of aryl methyl sites for hydroxylation is 1. The third-order valence-corrected chi connectivity index (χ3v) is 7.75. The summed E-state index contributed by atoms with van der Waals surface area (Å²) in [6.07, 6.45) is 1.81. The zero-order valence-electron chi connectivity index (χ0n) is 22.3. The second-order valence-corrected chi connectivity index (χ2v) is 10.5. The number of amides is 1. The van der Waals surface area contributed by atoms with E-state index in [2.05, 4.69) is 105 Å². The Morgan fingerprint density at radius 2 is 1.62 bits per heavy atom. The normalized spacial score (nSPS) is 14.7. The van der Waals surface area contributed by atoms with Gasteiger partial charge < -0.3 is 14.8 Å². The summed E-state index contributed by atoms with van der Waals surface area (Å²) in [6, 6.07) is 28.0. The summed E-state index contributed by atoms with van der Waals surface area (Å²) >= 11 is 0. The first-order valence-corrected chi connectivity index (χ1v) is 13.4. The van der Waals surface area contributed by atoms with Gasteiger partial charge in [0.05, 0.1) is 0 Å². The first kappa shape index (κ1) is 25.1. The van der Waals surface area contributed by atoms with E-state index in [1.165, 1.54) is 33.4 Å². The maximum atomic E-state index is 12.9. The van der Waals surface area contributed by atoms with Crippen LogP contribution in [0.2, 0.25) is 0 Å². The van der Waals surface area contributed by atoms with E-state index >= 15 is 0 Å². The monoisotopic (exact) mass is 494 g/mol. The quantitative estimate of drug-likeness (QED) is 0.347. The van der Waals surface area contributed by atoms with E-state index < -0.39 is 0 Å². The van der Waals surface area contributed by atoms with Gasteiger partial charge in [-0.3, -0.25) is 9.69 Å². The Labute approximate surface area is 220 Å². The molecule has 5 rings (SSSR count). The zero-order valence-corrected chi connectivity index (χ0v) is 22.3. The predicted octanol–water partition coefficient (Wildman–Crippen LogP) is 5.59. The third kappa shape index (κ3) is 5.89. The number of aromatic nitrogens is 1. The first-order chi connectivity index (χ1) is 18.0. The summed E-state index contributed by atoms with van der Waals surface area (Å²) in [5, 5.41) is 4.46. The van der Waals surface area contributed by atoms with Crippen molar-refractivity contribution in [1.82, 2.24) is 14.8 Å². The van der Waals surface area contributed by atoms with Gasteiger partial charge in [0, 0.05) is 56.5 Å². The predicted molar refractivity (Wildman–Crippen MR) is 153 cm³/mol. The van der Waals surface area contributed by atoms with Crippen LogP contribution in [-0.4, -0.2) is 42.6 Å². The summed E-state index contributed by atoms with van der Waals surface area (Å²) in [4.78, 5) is 17.5. The molecule has 0 aliphatic carbocycles. The molecular weight excluding hydrogens is 456 g/mol. The molecule has 0 atom stereocenters. The molecule has 1 saturated heterocycles. The second kappa shape index (κ2) is 11.2. The summed E-state index contributed by atoms with van der Waals surface area (Å²) in [6.45, 7) is 6.46. The highest BCUT2D eigenvalue weighted by Gasteiger charge is 2.25. The average molecular weight is 495 g/mol. The Morgan fingerprint density at radius 3 is 2.35 bits per heavy atom. The van der Waals surface area contributed by atoms with E-state index in [-0.39, 0.29) is 11.8 Å². The molecule has 0 spiro atoms. The van der Waals surface area contributed by atoms with Gasteiger partial charge in [-0.15, -0.1) is 0 Å². The summed E-state index contributed by atoms with van der Waals surface area (Å²) < 4.78 is 2.47. The van der Waals surface area contributed by atoms with E-state index in [0.29, 0.717) is 6.54 Å². The van der Waals surface area contributed by atoms with Crippen LogP contribution in [0.1, 0.15) is 35.2 Å². The van der Waals surface area contributed by atoms with Crippen LogP contribution in [0.5, 0.6) is 0 Å². The minimum atomic E-state index is 0.0927. The van der Waals surface area contributed by atoms with E-state index in [1.807, 2.05) is 14.1 Å². The number of rotatable bonds is 8. The molecule has 5 heteroatoms. The summed E-state index contributed by atoms with van der Waals surface area (Å²) in [7, 11) is 4.07. The van der Waals surface area contributed by atoms with Crippen molar-refractivity contribution in [1.29, 1.82) is 0 Å². The van der Waals surface area contributed by atoms with Crippen LogP contribution in [0.15, 0.2) is 78.9 Å². The van der Waals surface area contributed by atoms with E-state index in [4.69, 9.17) is 0 Å². The van der Waals surface area contributed by atoms with Crippen LogP contribution >= 0.6 is 0 Å². The number of likely N-dealkylation sites (tertiary alicyclic amines) is 1. The van der Waals surface area contributed by atoms with Crippen molar-refractivity contribution in [3.63, 3.8) is 0 Å². The fourth-order valence-corrected chi connectivity index (χ4v) is 5.37. The molecule has 3 aromatic carbocycles. The lowest BCUT2D eigenvalue weighted by Gasteiger charge is -2.31. The summed E-state index contributed by atoms with van der Waals surface area (Å²) in [5.41, 5.74) is 7.61. The van der Waals surface area contributed by atoms with Crippen LogP contribution in [0.25, 0.3) is 10.9 Å². The van der Waals surface area contributed by atoms with Gasteiger partial charge in [-0.25, -0.2) is 0 Å². The number of nitrogens with one attached hydrogen (secondary N) is 1. The van der Waals surface area contributed by atoms with Crippen molar-refractivity contribution >= 4 is 22.5 Å². The van der Waals surface area contributed by atoms with Crippen LogP contribution in [0.3, 0.4) is 0 Å². The zero-order chi connectivity index (χ0) is 25.8. The molecule has 4 aromatic rings. The van der Waals surface area contributed by atoms with Gasteiger partial charge in [-0.2, -0.15) is 0 Å². The van der Waals surface area contributed by atoms with Crippen molar-refractivity contribution < 1.29 is 4.79 Å². The molecule has 5 nitrogen and oxygen atoms in total. The number of nitrogens with zero attached hydrogens (tertiary/aromatic N) is 3. The highest BCUT2D eigenvalue weighted by atomic mass is 16.1. The van der Waals surface area contributed by atoms with Crippen molar-refractivity contribution in [2.45, 2.75) is 39.4 Å². The molecule has 1 aliphatic heterocycles. The molecule has 1 aromatic heterocycles. The first-order valence-electron chi connectivity index (χ1n) is 13.4. The number of anilines is 1. The Kier molecular flexibility index (Phi) is 7.61. The second-order valence-electron chi connectivity index (χ2n) is 10.5. The molecule has 37 heavy (non-hydrogen) atoms. The molecule has 0 radical (unpaired) electrons. The standard InChI is InChI=1S/C32H38N4O/c1-24-8-4-5-10-28(24)22-36-30(20-27-9-6-7-11-31(27)36)23-35-18-16-26(17-19-35)32(37)33-21-25-12-14-29(15-13-25)34(2)3/h4-15,20,26H,16-19,21-23H2,1-3H3,(H,33,37). The molecule has 1 amide bonds. The number of benzene rings is 3. The Bertz CT molecular complexity index is 1350. The van der Waals surface area contributed by atoms with E-state index in [0.717, 1.165) is 44.6 Å². The fourth-order valence-electron chi connectivity index (χ4n) is 5.37. The number of hydrogen-bond acceptors (Lipinski definition) is 3. The maximum Gasteiger partial charge on any atom is 0.223 e. The van der Waals surface area contributed by atoms with E-state index in [9.17, 15) is 4.79 Å². The van der Waals surface area contributed by atoms with Crippen LogP contribution in [0, 0.1) is 12.8 Å². The topological polar surface area (TPSA) is 40.5 Å². The largest absolute Gasteiger partial charge is 0.378 e. The maximum absolute atomic E-state index is 12.9. The lowest BCUT2D eigenvalue weighted by atomic mass is 9.95. The third-order valence-electron chi connectivity index (χ3n) is 7.75. The molecule has 0 saturated carbocycles. The van der Waals surface area contributed by atoms with Crippen LogP contribution in [0.4, 0.5) is 5.69 Å².